The molecule has 2 aromatic rings. The van der Waals surface area contributed by atoms with Crippen LogP contribution in [0.1, 0.15) is 30.4 Å². The van der Waals surface area contributed by atoms with Gasteiger partial charge in [-0.05, 0) is 18.6 Å². The molecule has 3 heteroatoms. The quantitative estimate of drug-likeness (QED) is 0.769. The van der Waals surface area contributed by atoms with Gasteiger partial charge < -0.3 is 16.4 Å². The van der Waals surface area contributed by atoms with Crippen molar-refractivity contribution in [1.29, 1.82) is 0 Å². The van der Waals surface area contributed by atoms with Crippen LogP contribution in [0.15, 0.2) is 48.5 Å². The molecule has 3 nitrogen and oxygen atoms in total. The molecule has 0 bridgehead atoms. The maximum atomic E-state index is 9.88. The maximum Gasteiger partial charge on any atom is 0.119 e. The average Bonchev–Trinajstić information content (AvgIpc) is 2.34. The minimum absolute atomic E-state index is 0. The number of benzene rings is 2. The lowest BCUT2D eigenvalue weighted by Gasteiger charge is -2.18. The van der Waals surface area contributed by atoms with E-state index >= 15 is 0 Å². The van der Waals surface area contributed by atoms with E-state index in [1.165, 1.54) is 0 Å². The van der Waals surface area contributed by atoms with Crippen molar-refractivity contribution in [2.75, 3.05) is 0 Å². The lowest BCUT2D eigenvalue weighted by Crippen LogP contribution is -2.00. The third-order valence-corrected chi connectivity index (χ3v) is 3.03. The van der Waals surface area contributed by atoms with Crippen molar-refractivity contribution >= 4 is 0 Å². The summed E-state index contributed by atoms with van der Waals surface area (Å²) in [6.45, 7) is 2.05. The zero-order valence-corrected chi connectivity index (χ0v) is 10.5. The van der Waals surface area contributed by atoms with Gasteiger partial charge in [0.2, 0.25) is 0 Å². The van der Waals surface area contributed by atoms with Crippen molar-refractivity contribution in [2.45, 2.75) is 19.3 Å². The third kappa shape index (κ3) is 2.63. The molecule has 0 saturated heterocycles. The van der Waals surface area contributed by atoms with Gasteiger partial charge in [0, 0.05) is 17.0 Å². The number of hydrogen-bond donors (Lipinski definition) is 3. The Hall–Kier alpha value is -2.00. The van der Waals surface area contributed by atoms with E-state index < -0.39 is 0 Å². The predicted octanol–water partition coefficient (Wildman–Crippen LogP) is 3.80. The standard InChI is InChI=1S/C15H16O2.H3N/c1-2-11(12-7-3-5-9-14(12)16)13-8-4-6-10-15(13)17;/h3-11,16-17H,2H2,1H3;1H3. The Kier molecular flexibility index (Phi) is 4.75. The number of rotatable bonds is 3. The highest BCUT2D eigenvalue weighted by Crippen LogP contribution is 2.37. The van der Waals surface area contributed by atoms with Gasteiger partial charge in [0.25, 0.3) is 0 Å². The van der Waals surface area contributed by atoms with Gasteiger partial charge in [0.1, 0.15) is 11.5 Å². The molecule has 0 spiro atoms. The van der Waals surface area contributed by atoms with Gasteiger partial charge in [-0.3, -0.25) is 0 Å². The molecule has 0 atom stereocenters. The summed E-state index contributed by atoms with van der Waals surface area (Å²) in [5, 5.41) is 19.8. The first-order valence-corrected chi connectivity index (χ1v) is 5.79. The highest BCUT2D eigenvalue weighted by molar-refractivity contribution is 5.45. The highest BCUT2D eigenvalue weighted by Gasteiger charge is 2.17. The Labute approximate surface area is 107 Å². The van der Waals surface area contributed by atoms with E-state index in [2.05, 4.69) is 0 Å². The van der Waals surface area contributed by atoms with Crippen LogP contribution >= 0.6 is 0 Å². The van der Waals surface area contributed by atoms with Gasteiger partial charge in [-0.1, -0.05) is 43.3 Å². The molecule has 5 N–H and O–H groups in total. The molecule has 0 aliphatic heterocycles. The largest absolute Gasteiger partial charge is 0.508 e. The van der Waals surface area contributed by atoms with E-state index in [0.717, 1.165) is 17.5 Å². The Morgan fingerprint density at radius 2 is 1.22 bits per heavy atom. The zero-order chi connectivity index (χ0) is 12.3. The molecule has 96 valence electrons. The normalized spacial score (nSPS) is 10.1. The summed E-state index contributed by atoms with van der Waals surface area (Å²) < 4.78 is 0. The van der Waals surface area contributed by atoms with Crippen molar-refractivity contribution < 1.29 is 10.2 Å². The van der Waals surface area contributed by atoms with Gasteiger partial charge in [-0.25, -0.2) is 0 Å². The topological polar surface area (TPSA) is 75.5 Å². The van der Waals surface area contributed by atoms with Crippen molar-refractivity contribution in [1.82, 2.24) is 6.15 Å². The van der Waals surface area contributed by atoms with Gasteiger partial charge in [-0.2, -0.15) is 0 Å². The summed E-state index contributed by atoms with van der Waals surface area (Å²) in [7, 11) is 0. The van der Waals surface area contributed by atoms with Gasteiger partial charge in [0.05, 0.1) is 0 Å². The van der Waals surface area contributed by atoms with Gasteiger partial charge >= 0.3 is 0 Å². The van der Waals surface area contributed by atoms with Crippen LogP contribution < -0.4 is 6.15 Å². The van der Waals surface area contributed by atoms with Crippen molar-refractivity contribution in [3.63, 3.8) is 0 Å². The van der Waals surface area contributed by atoms with E-state index in [1.54, 1.807) is 24.3 Å². The Balaban J connectivity index is 0.00000162. The smallest absolute Gasteiger partial charge is 0.119 e. The van der Waals surface area contributed by atoms with Crippen LogP contribution in [-0.2, 0) is 0 Å². The first-order valence-electron chi connectivity index (χ1n) is 5.79. The number of para-hydroxylation sites is 2. The summed E-state index contributed by atoms with van der Waals surface area (Å²) in [6, 6.07) is 14.6. The number of hydrogen-bond acceptors (Lipinski definition) is 3. The minimum Gasteiger partial charge on any atom is -0.508 e. The summed E-state index contributed by atoms with van der Waals surface area (Å²) in [5.41, 5.74) is 1.72. The molecule has 0 aliphatic rings. The van der Waals surface area contributed by atoms with Crippen LogP contribution in [0.25, 0.3) is 0 Å². The second kappa shape index (κ2) is 6.07. The van der Waals surface area contributed by atoms with E-state index in [4.69, 9.17) is 0 Å². The minimum atomic E-state index is 0. The number of phenolic OH excluding ortho intramolecular Hbond substituents is 2. The molecule has 0 heterocycles. The monoisotopic (exact) mass is 245 g/mol. The molecule has 2 aromatic carbocycles. The summed E-state index contributed by atoms with van der Waals surface area (Å²) in [4.78, 5) is 0. The van der Waals surface area contributed by atoms with Crippen LogP contribution in [0.2, 0.25) is 0 Å². The molecule has 18 heavy (non-hydrogen) atoms. The second-order valence-electron chi connectivity index (χ2n) is 4.08. The fourth-order valence-electron chi connectivity index (χ4n) is 2.17. The van der Waals surface area contributed by atoms with E-state index in [1.807, 2.05) is 31.2 Å². The molecule has 0 saturated carbocycles. The van der Waals surface area contributed by atoms with Crippen molar-refractivity contribution in [2.24, 2.45) is 0 Å². The molecular weight excluding hydrogens is 226 g/mol. The third-order valence-electron chi connectivity index (χ3n) is 3.03. The van der Waals surface area contributed by atoms with Crippen molar-refractivity contribution in [3.05, 3.63) is 59.7 Å². The van der Waals surface area contributed by atoms with Gasteiger partial charge in [-0.15, -0.1) is 0 Å². The van der Waals surface area contributed by atoms with Crippen LogP contribution in [0.3, 0.4) is 0 Å². The van der Waals surface area contributed by atoms with Crippen molar-refractivity contribution in [3.8, 4) is 11.5 Å². The van der Waals surface area contributed by atoms with Crippen LogP contribution in [-0.4, -0.2) is 10.2 Å². The van der Waals surface area contributed by atoms with E-state index in [0.29, 0.717) is 0 Å². The predicted molar refractivity (Wildman–Crippen MR) is 73.4 cm³/mol. The molecule has 2 rings (SSSR count). The van der Waals surface area contributed by atoms with Gasteiger partial charge in [0.15, 0.2) is 0 Å². The summed E-state index contributed by atoms with van der Waals surface area (Å²) in [5.74, 6) is 0.586. The summed E-state index contributed by atoms with van der Waals surface area (Å²) >= 11 is 0. The first kappa shape index (κ1) is 14.1. The first-order chi connectivity index (χ1) is 8.24. The average molecular weight is 245 g/mol. The highest BCUT2D eigenvalue weighted by atomic mass is 16.3. The fourth-order valence-corrected chi connectivity index (χ4v) is 2.17. The maximum absolute atomic E-state index is 9.88. The fraction of sp³-hybridized carbons (Fsp3) is 0.200. The zero-order valence-electron chi connectivity index (χ0n) is 10.5. The Morgan fingerprint density at radius 3 is 1.56 bits per heavy atom. The van der Waals surface area contributed by atoms with Crippen LogP contribution in [0.5, 0.6) is 11.5 Å². The molecule has 0 unspecified atom stereocenters. The number of phenols is 2. The summed E-state index contributed by atoms with van der Waals surface area (Å²) in [6.07, 6.45) is 0.829. The molecule has 0 aromatic heterocycles. The molecular formula is C15H19NO2. The Morgan fingerprint density at radius 1 is 0.833 bits per heavy atom. The van der Waals surface area contributed by atoms with Crippen LogP contribution in [0, 0.1) is 0 Å². The second-order valence-corrected chi connectivity index (χ2v) is 4.08. The Bertz CT molecular complexity index is 466. The lowest BCUT2D eigenvalue weighted by atomic mass is 9.88. The molecule has 0 aliphatic carbocycles. The SMILES string of the molecule is CCC(c1ccccc1O)c1ccccc1O.N. The number of aromatic hydroxyl groups is 2. The molecule has 0 fully saturated rings. The van der Waals surface area contributed by atoms with E-state index in [-0.39, 0.29) is 23.6 Å². The molecule has 0 radical (unpaired) electrons. The molecule has 0 amide bonds. The van der Waals surface area contributed by atoms with E-state index in [9.17, 15) is 10.2 Å². The van der Waals surface area contributed by atoms with Crippen LogP contribution in [0.4, 0.5) is 0 Å². The lowest BCUT2D eigenvalue weighted by molar-refractivity contribution is 0.453.